The number of anilines is 1. The number of nitrogens with one attached hydrogen (secondary N) is 1. The molecule has 7 nitrogen and oxygen atoms in total. The van der Waals surface area contributed by atoms with Crippen LogP contribution in [0.1, 0.15) is 12.8 Å². The monoisotopic (exact) mass is 316 g/mol. The zero-order valence-electron chi connectivity index (χ0n) is 12.3. The molecule has 0 aliphatic rings. The van der Waals surface area contributed by atoms with Crippen molar-refractivity contribution in [2.75, 3.05) is 11.9 Å². The summed E-state index contributed by atoms with van der Waals surface area (Å²) in [7, 11) is 0. The molecule has 0 spiro atoms. The van der Waals surface area contributed by atoms with Crippen LogP contribution in [0.5, 0.6) is 11.5 Å². The molecule has 0 radical (unpaired) electrons. The number of hydrogen-bond acceptors (Lipinski definition) is 5. The fourth-order valence-corrected chi connectivity index (χ4v) is 1.95. The maximum absolute atomic E-state index is 11.8. The molecule has 0 atom stereocenters. The molecule has 0 saturated carbocycles. The van der Waals surface area contributed by atoms with Gasteiger partial charge in [-0.05, 0) is 24.6 Å². The molecule has 2 N–H and O–H groups in total. The molecule has 0 aliphatic carbocycles. The Kier molecular flexibility index (Phi) is 5.51. The van der Waals surface area contributed by atoms with E-state index in [1.165, 1.54) is 24.3 Å². The zero-order chi connectivity index (χ0) is 16.7. The number of carbonyl (C=O) groups is 1. The summed E-state index contributed by atoms with van der Waals surface area (Å²) < 4.78 is 5.36. The van der Waals surface area contributed by atoms with Gasteiger partial charge in [-0.3, -0.25) is 14.9 Å². The molecule has 0 aliphatic heterocycles. The first kappa shape index (κ1) is 16.3. The number of phenols is 1. The van der Waals surface area contributed by atoms with Crippen molar-refractivity contribution >= 4 is 17.3 Å². The second kappa shape index (κ2) is 7.79. The number of nitro benzene ring substituents is 1. The van der Waals surface area contributed by atoms with Gasteiger partial charge in [0, 0.05) is 24.2 Å². The molecule has 0 fully saturated rings. The van der Waals surface area contributed by atoms with E-state index in [2.05, 4.69) is 5.32 Å². The summed E-state index contributed by atoms with van der Waals surface area (Å²) in [6.45, 7) is 0.193. The third-order valence-electron chi connectivity index (χ3n) is 3.00. The van der Waals surface area contributed by atoms with Gasteiger partial charge in [0.2, 0.25) is 5.91 Å². The molecule has 1 amide bonds. The SMILES string of the molecule is O=C(CCCOc1ccccc1[N+](=O)[O-])Nc1cccc(O)c1. The number of nitrogens with zero attached hydrogens (tertiary/aromatic N) is 1. The van der Waals surface area contributed by atoms with Crippen LogP contribution in [-0.4, -0.2) is 22.5 Å². The second-order valence-electron chi connectivity index (χ2n) is 4.78. The van der Waals surface area contributed by atoms with Gasteiger partial charge >= 0.3 is 5.69 Å². The molecule has 23 heavy (non-hydrogen) atoms. The highest BCUT2D eigenvalue weighted by Crippen LogP contribution is 2.25. The maximum atomic E-state index is 11.8. The van der Waals surface area contributed by atoms with Crippen LogP contribution < -0.4 is 10.1 Å². The highest BCUT2D eigenvalue weighted by atomic mass is 16.6. The summed E-state index contributed by atoms with van der Waals surface area (Å²) in [6.07, 6.45) is 0.618. The van der Waals surface area contributed by atoms with Crippen LogP contribution >= 0.6 is 0 Å². The van der Waals surface area contributed by atoms with E-state index in [4.69, 9.17) is 4.74 Å². The van der Waals surface area contributed by atoms with E-state index >= 15 is 0 Å². The van der Waals surface area contributed by atoms with Crippen LogP contribution in [0.15, 0.2) is 48.5 Å². The van der Waals surface area contributed by atoms with Crippen molar-refractivity contribution in [1.29, 1.82) is 0 Å². The highest BCUT2D eigenvalue weighted by Gasteiger charge is 2.13. The second-order valence-corrected chi connectivity index (χ2v) is 4.78. The van der Waals surface area contributed by atoms with Crippen LogP contribution in [-0.2, 0) is 4.79 Å². The van der Waals surface area contributed by atoms with Gasteiger partial charge in [-0.25, -0.2) is 0 Å². The minimum absolute atomic E-state index is 0.0718. The number of ether oxygens (including phenoxy) is 1. The van der Waals surface area contributed by atoms with Crippen molar-refractivity contribution in [3.63, 3.8) is 0 Å². The molecular formula is C16H16N2O5. The molecule has 2 aromatic carbocycles. The predicted molar refractivity (Wildman–Crippen MR) is 84.6 cm³/mol. The summed E-state index contributed by atoms with van der Waals surface area (Å²) in [6, 6.07) is 12.3. The molecular weight excluding hydrogens is 300 g/mol. The van der Waals surface area contributed by atoms with Crippen molar-refractivity contribution in [3.05, 3.63) is 58.6 Å². The van der Waals surface area contributed by atoms with Gasteiger partial charge < -0.3 is 15.2 Å². The zero-order valence-corrected chi connectivity index (χ0v) is 12.3. The lowest BCUT2D eigenvalue weighted by molar-refractivity contribution is -0.385. The summed E-state index contributed by atoms with van der Waals surface area (Å²) in [4.78, 5) is 22.1. The van der Waals surface area contributed by atoms with Crippen LogP contribution in [0.4, 0.5) is 11.4 Å². The average Bonchev–Trinajstić information content (AvgIpc) is 2.52. The summed E-state index contributed by atoms with van der Waals surface area (Å²) in [5, 5.41) is 22.8. The molecule has 0 saturated heterocycles. The predicted octanol–water partition coefficient (Wildman–Crippen LogP) is 3.10. The lowest BCUT2D eigenvalue weighted by Crippen LogP contribution is -2.12. The average molecular weight is 316 g/mol. The third-order valence-corrected chi connectivity index (χ3v) is 3.00. The fourth-order valence-electron chi connectivity index (χ4n) is 1.95. The highest BCUT2D eigenvalue weighted by molar-refractivity contribution is 5.90. The molecule has 0 aromatic heterocycles. The number of para-hydroxylation sites is 2. The molecule has 0 unspecified atom stereocenters. The van der Waals surface area contributed by atoms with Gasteiger partial charge in [0.15, 0.2) is 5.75 Å². The number of nitro groups is 1. The topological polar surface area (TPSA) is 102 Å². The number of benzene rings is 2. The Bertz CT molecular complexity index is 702. The number of rotatable bonds is 7. The van der Waals surface area contributed by atoms with E-state index < -0.39 is 4.92 Å². The Morgan fingerprint density at radius 1 is 1.22 bits per heavy atom. The van der Waals surface area contributed by atoms with Crippen LogP contribution in [0, 0.1) is 10.1 Å². The van der Waals surface area contributed by atoms with Gasteiger partial charge in [0.25, 0.3) is 0 Å². The molecule has 0 heterocycles. The first-order chi connectivity index (χ1) is 11.1. The lowest BCUT2D eigenvalue weighted by Gasteiger charge is -2.07. The normalized spacial score (nSPS) is 10.1. The van der Waals surface area contributed by atoms with Gasteiger partial charge in [-0.2, -0.15) is 0 Å². The molecule has 2 aromatic rings. The molecule has 7 heteroatoms. The van der Waals surface area contributed by atoms with Gasteiger partial charge in [0.05, 0.1) is 11.5 Å². The van der Waals surface area contributed by atoms with Gasteiger partial charge in [-0.15, -0.1) is 0 Å². The number of carbonyl (C=O) groups excluding carboxylic acids is 1. The quantitative estimate of drug-likeness (QED) is 0.464. The van der Waals surface area contributed by atoms with Gasteiger partial charge in [0.1, 0.15) is 5.75 Å². The Hall–Kier alpha value is -3.09. The van der Waals surface area contributed by atoms with E-state index in [9.17, 15) is 20.0 Å². The molecule has 0 bridgehead atoms. The summed E-state index contributed by atoms with van der Waals surface area (Å²) in [5.74, 6) is 0.0372. The fraction of sp³-hybridized carbons (Fsp3) is 0.188. The Balaban J connectivity index is 1.77. The van der Waals surface area contributed by atoms with Crippen molar-refractivity contribution in [2.24, 2.45) is 0 Å². The third kappa shape index (κ3) is 4.99. The van der Waals surface area contributed by atoms with Crippen molar-refractivity contribution < 1.29 is 19.6 Å². The smallest absolute Gasteiger partial charge is 0.310 e. The standard InChI is InChI=1S/C16H16N2O5/c19-13-6-3-5-12(11-13)17-16(20)9-4-10-23-15-8-2-1-7-14(15)18(21)22/h1-3,5-8,11,19H,4,9-10H2,(H,17,20). The van der Waals surface area contributed by atoms with E-state index in [0.29, 0.717) is 12.1 Å². The summed E-state index contributed by atoms with van der Waals surface area (Å²) >= 11 is 0. The van der Waals surface area contributed by atoms with E-state index in [1.54, 1.807) is 24.3 Å². The largest absolute Gasteiger partial charge is 0.508 e. The summed E-state index contributed by atoms with van der Waals surface area (Å²) in [5.41, 5.74) is 0.409. The van der Waals surface area contributed by atoms with E-state index in [1.807, 2.05) is 0 Å². The van der Waals surface area contributed by atoms with Crippen molar-refractivity contribution in [1.82, 2.24) is 0 Å². The lowest BCUT2D eigenvalue weighted by atomic mass is 10.2. The number of amides is 1. The van der Waals surface area contributed by atoms with E-state index in [0.717, 1.165) is 0 Å². The first-order valence-electron chi connectivity index (χ1n) is 7.01. The minimum atomic E-state index is -0.510. The van der Waals surface area contributed by atoms with Crippen molar-refractivity contribution in [3.8, 4) is 11.5 Å². The Morgan fingerprint density at radius 3 is 2.74 bits per heavy atom. The Labute approximate surface area is 132 Å². The first-order valence-corrected chi connectivity index (χ1v) is 7.01. The number of aromatic hydroxyl groups is 1. The Morgan fingerprint density at radius 2 is 2.00 bits per heavy atom. The van der Waals surface area contributed by atoms with Crippen LogP contribution in [0.2, 0.25) is 0 Å². The maximum Gasteiger partial charge on any atom is 0.310 e. The molecule has 120 valence electrons. The van der Waals surface area contributed by atoms with Gasteiger partial charge in [-0.1, -0.05) is 18.2 Å². The van der Waals surface area contributed by atoms with Crippen molar-refractivity contribution in [2.45, 2.75) is 12.8 Å². The van der Waals surface area contributed by atoms with Crippen LogP contribution in [0.25, 0.3) is 0 Å². The molecule has 2 rings (SSSR count). The number of phenolic OH excluding ortho intramolecular Hbond substituents is 1. The number of hydrogen-bond donors (Lipinski definition) is 2. The van der Waals surface area contributed by atoms with Crippen LogP contribution in [0.3, 0.4) is 0 Å². The minimum Gasteiger partial charge on any atom is -0.508 e. The van der Waals surface area contributed by atoms with E-state index in [-0.39, 0.29) is 36.1 Å².